The van der Waals surface area contributed by atoms with Crippen molar-refractivity contribution in [1.29, 1.82) is 0 Å². The molecule has 0 N–H and O–H groups in total. The van der Waals surface area contributed by atoms with Crippen LogP contribution >= 0.6 is 0 Å². The van der Waals surface area contributed by atoms with Crippen molar-refractivity contribution in [2.45, 2.75) is 52.6 Å². The summed E-state index contributed by atoms with van der Waals surface area (Å²) in [5.74, 6) is 1.76. The van der Waals surface area contributed by atoms with E-state index in [1.165, 1.54) is 11.3 Å². The number of benzene rings is 2. The minimum Gasteiger partial charge on any atom is -0.497 e. The standard InChI is InChI=1S/C27H34N4O3/c1-19-8-12-22(13-9-19)30-16-6-7-21(17-30)26(32)31(27(2,3)4)18-24-28-25(29-34-24)20-10-14-23(33-5)15-11-20/h8-15,21H,6-7,16-18H2,1-5H3/t21-/m0/s1. The van der Waals surface area contributed by atoms with Crippen LogP contribution in [0.1, 0.15) is 45.1 Å². The predicted molar refractivity (Wildman–Crippen MR) is 133 cm³/mol. The largest absolute Gasteiger partial charge is 0.497 e. The van der Waals surface area contributed by atoms with E-state index in [0.717, 1.165) is 37.2 Å². The molecule has 0 saturated carbocycles. The number of carbonyl (C=O) groups is 1. The first-order valence-corrected chi connectivity index (χ1v) is 11.8. The van der Waals surface area contributed by atoms with Gasteiger partial charge in [0.05, 0.1) is 13.0 Å². The smallest absolute Gasteiger partial charge is 0.246 e. The maximum Gasteiger partial charge on any atom is 0.246 e. The third kappa shape index (κ3) is 5.41. The zero-order valence-corrected chi connectivity index (χ0v) is 20.7. The fourth-order valence-electron chi connectivity index (χ4n) is 4.35. The number of anilines is 1. The molecule has 2 aromatic carbocycles. The van der Waals surface area contributed by atoms with Crippen molar-refractivity contribution < 1.29 is 14.1 Å². The van der Waals surface area contributed by atoms with Gasteiger partial charge in [0.15, 0.2) is 0 Å². The van der Waals surface area contributed by atoms with Gasteiger partial charge in [-0.2, -0.15) is 4.98 Å². The van der Waals surface area contributed by atoms with Gasteiger partial charge in [-0.3, -0.25) is 4.79 Å². The number of hydrogen-bond donors (Lipinski definition) is 0. The molecule has 7 heteroatoms. The van der Waals surface area contributed by atoms with Gasteiger partial charge in [0.25, 0.3) is 0 Å². The lowest BCUT2D eigenvalue weighted by molar-refractivity contribution is -0.142. The molecule has 0 aliphatic carbocycles. The van der Waals surface area contributed by atoms with Gasteiger partial charge in [-0.15, -0.1) is 0 Å². The number of amides is 1. The van der Waals surface area contributed by atoms with Crippen LogP contribution in [-0.4, -0.2) is 46.7 Å². The number of carbonyl (C=O) groups excluding carboxylic acids is 1. The number of rotatable bonds is 6. The zero-order valence-electron chi connectivity index (χ0n) is 20.7. The van der Waals surface area contributed by atoms with Crippen molar-refractivity contribution in [2.24, 2.45) is 5.92 Å². The molecular weight excluding hydrogens is 428 g/mol. The van der Waals surface area contributed by atoms with Gasteiger partial charge in [0.1, 0.15) is 12.3 Å². The average Bonchev–Trinajstić information content (AvgIpc) is 3.31. The molecule has 0 radical (unpaired) electrons. The Morgan fingerprint density at radius 3 is 2.50 bits per heavy atom. The third-order valence-electron chi connectivity index (χ3n) is 6.36. The Labute approximate surface area is 201 Å². The van der Waals surface area contributed by atoms with E-state index in [4.69, 9.17) is 9.26 Å². The first-order valence-electron chi connectivity index (χ1n) is 11.8. The summed E-state index contributed by atoms with van der Waals surface area (Å²) < 4.78 is 10.8. The number of piperidine rings is 1. The molecule has 1 amide bonds. The van der Waals surface area contributed by atoms with E-state index in [2.05, 4.69) is 46.2 Å². The zero-order chi connectivity index (χ0) is 24.3. The normalized spacial score (nSPS) is 16.4. The lowest BCUT2D eigenvalue weighted by Crippen LogP contribution is -2.51. The van der Waals surface area contributed by atoms with Gasteiger partial charge in [-0.25, -0.2) is 0 Å². The van der Waals surface area contributed by atoms with Gasteiger partial charge >= 0.3 is 0 Å². The van der Waals surface area contributed by atoms with Crippen LogP contribution in [0.3, 0.4) is 0 Å². The molecule has 4 rings (SSSR count). The summed E-state index contributed by atoms with van der Waals surface area (Å²) in [6.45, 7) is 10.2. The van der Waals surface area contributed by atoms with E-state index in [-0.39, 0.29) is 23.9 Å². The quantitative estimate of drug-likeness (QED) is 0.508. The van der Waals surface area contributed by atoms with Crippen LogP contribution in [0.4, 0.5) is 5.69 Å². The Bertz CT molecular complexity index is 1100. The summed E-state index contributed by atoms with van der Waals surface area (Å²) in [5.41, 5.74) is 2.87. The van der Waals surface area contributed by atoms with Crippen LogP contribution in [0.5, 0.6) is 5.75 Å². The highest BCUT2D eigenvalue weighted by Crippen LogP contribution is 2.28. The molecule has 1 atom stereocenters. The predicted octanol–water partition coefficient (Wildman–Crippen LogP) is 5.10. The van der Waals surface area contributed by atoms with Gasteiger partial charge < -0.3 is 19.1 Å². The van der Waals surface area contributed by atoms with E-state index in [1.54, 1.807) is 7.11 Å². The molecule has 180 valence electrons. The second-order valence-electron chi connectivity index (χ2n) is 9.96. The Balaban J connectivity index is 1.49. The van der Waals surface area contributed by atoms with E-state index in [9.17, 15) is 4.79 Å². The van der Waals surface area contributed by atoms with Crippen molar-refractivity contribution >= 4 is 11.6 Å². The highest BCUT2D eigenvalue weighted by atomic mass is 16.5. The van der Waals surface area contributed by atoms with Crippen molar-refractivity contribution in [3.63, 3.8) is 0 Å². The summed E-state index contributed by atoms with van der Waals surface area (Å²) in [5, 5.41) is 4.13. The summed E-state index contributed by atoms with van der Waals surface area (Å²) >= 11 is 0. The Morgan fingerprint density at radius 2 is 1.85 bits per heavy atom. The molecule has 3 aromatic rings. The third-order valence-corrected chi connectivity index (χ3v) is 6.36. The van der Waals surface area contributed by atoms with Gasteiger partial charge in [0, 0.05) is 29.9 Å². The van der Waals surface area contributed by atoms with Gasteiger partial charge in [0.2, 0.25) is 17.6 Å². The molecule has 1 aliphatic heterocycles. The average molecular weight is 463 g/mol. The summed E-state index contributed by atoms with van der Waals surface area (Å²) in [7, 11) is 1.63. The number of hydrogen-bond acceptors (Lipinski definition) is 6. The van der Waals surface area contributed by atoms with E-state index in [0.29, 0.717) is 11.7 Å². The SMILES string of the molecule is COc1ccc(-c2noc(CN(C(=O)[C@H]3CCCN(c4ccc(C)cc4)C3)C(C)(C)C)n2)cc1. The first-order chi connectivity index (χ1) is 16.2. The monoisotopic (exact) mass is 462 g/mol. The molecule has 1 aromatic heterocycles. The maximum absolute atomic E-state index is 13.7. The van der Waals surface area contributed by atoms with Crippen molar-refractivity contribution in [3.8, 4) is 17.1 Å². The van der Waals surface area contributed by atoms with E-state index in [1.807, 2.05) is 49.9 Å². The fourth-order valence-corrected chi connectivity index (χ4v) is 4.35. The minimum absolute atomic E-state index is 0.0711. The number of methoxy groups -OCH3 is 1. The lowest BCUT2D eigenvalue weighted by atomic mass is 9.93. The van der Waals surface area contributed by atoms with Gasteiger partial charge in [-0.05, 0) is 76.9 Å². The molecular formula is C27H34N4O3. The number of nitrogens with zero attached hydrogens (tertiary/aromatic N) is 4. The second kappa shape index (κ2) is 9.87. The van der Waals surface area contributed by atoms with Gasteiger partial charge in [-0.1, -0.05) is 22.9 Å². The van der Waals surface area contributed by atoms with Crippen molar-refractivity contribution in [1.82, 2.24) is 15.0 Å². The van der Waals surface area contributed by atoms with E-state index < -0.39 is 0 Å². The molecule has 2 heterocycles. The van der Waals surface area contributed by atoms with Crippen molar-refractivity contribution in [3.05, 3.63) is 60.0 Å². The number of aryl methyl sites for hydroxylation is 1. The highest BCUT2D eigenvalue weighted by Gasteiger charge is 2.35. The highest BCUT2D eigenvalue weighted by molar-refractivity contribution is 5.80. The molecule has 1 aliphatic rings. The second-order valence-corrected chi connectivity index (χ2v) is 9.96. The number of aromatic nitrogens is 2. The number of ether oxygens (including phenoxy) is 1. The molecule has 1 saturated heterocycles. The topological polar surface area (TPSA) is 71.7 Å². The van der Waals surface area contributed by atoms with Crippen LogP contribution in [-0.2, 0) is 11.3 Å². The van der Waals surface area contributed by atoms with E-state index >= 15 is 0 Å². The Morgan fingerprint density at radius 1 is 1.15 bits per heavy atom. The Kier molecular flexibility index (Phi) is 6.91. The van der Waals surface area contributed by atoms with Crippen LogP contribution in [0.25, 0.3) is 11.4 Å². The summed E-state index contributed by atoms with van der Waals surface area (Å²) in [6.07, 6.45) is 1.87. The summed E-state index contributed by atoms with van der Waals surface area (Å²) in [4.78, 5) is 22.5. The maximum atomic E-state index is 13.7. The molecule has 0 spiro atoms. The Hall–Kier alpha value is -3.35. The molecule has 1 fully saturated rings. The van der Waals surface area contributed by atoms with Crippen molar-refractivity contribution in [2.75, 3.05) is 25.1 Å². The first kappa shape index (κ1) is 23.8. The molecule has 7 nitrogen and oxygen atoms in total. The molecule has 0 bridgehead atoms. The lowest BCUT2D eigenvalue weighted by Gasteiger charge is -2.40. The minimum atomic E-state index is -0.377. The molecule has 0 unspecified atom stereocenters. The van der Waals surface area contributed by atoms with Crippen LogP contribution in [0.15, 0.2) is 53.1 Å². The molecule has 34 heavy (non-hydrogen) atoms. The van der Waals surface area contributed by atoms with Crippen LogP contribution in [0, 0.1) is 12.8 Å². The fraction of sp³-hybridized carbons (Fsp3) is 0.444. The van der Waals surface area contributed by atoms with Crippen LogP contribution < -0.4 is 9.64 Å². The summed E-state index contributed by atoms with van der Waals surface area (Å²) in [6, 6.07) is 16.0. The van der Waals surface area contributed by atoms with Crippen LogP contribution in [0.2, 0.25) is 0 Å².